The number of nitrogens with zero attached hydrogens (tertiary/aromatic N) is 6. The van der Waals surface area contributed by atoms with Crippen molar-refractivity contribution in [3.8, 4) is 35.2 Å². The summed E-state index contributed by atoms with van der Waals surface area (Å²) in [5.74, 6) is 8.08. The molecule has 5 rings (SSSR count). The van der Waals surface area contributed by atoms with Crippen molar-refractivity contribution in [3.63, 3.8) is 0 Å². The van der Waals surface area contributed by atoms with Crippen LogP contribution in [0.3, 0.4) is 0 Å². The first kappa shape index (κ1) is 20.2. The zero-order valence-electron chi connectivity index (χ0n) is 17.9. The predicted octanol–water partition coefficient (Wildman–Crippen LogP) is 3.73. The summed E-state index contributed by atoms with van der Waals surface area (Å²) in [7, 11) is 1.67. The van der Waals surface area contributed by atoms with Crippen molar-refractivity contribution in [1.29, 1.82) is 5.26 Å². The van der Waals surface area contributed by atoms with E-state index in [1.807, 2.05) is 18.2 Å². The van der Waals surface area contributed by atoms with Crippen LogP contribution in [0.5, 0.6) is 5.75 Å². The normalized spacial score (nSPS) is 11.8. The lowest BCUT2D eigenvalue weighted by molar-refractivity contribution is 0.414. The van der Waals surface area contributed by atoms with E-state index in [1.165, 1.54) is 11.1 Å². The lowest BCUT2D eigenvalue weighted by Crippen LogP contribution is -2.17. The first-order valence-electron chi connectivity index (χ1n) is 10.3. The van der Waals surface area contributed by atoms with E-state index in [0.29, 0.717) is 35.3 Å². The number of fused-ring (bicyclic) bond motifs is 1. The van der Waals surface area contributed by atoms with E-state index in [2.05, 4.69) is 49.9 Å². The Balaban J connectivity index is 1.37. The Morgan fingerprint density at radius 1 is 0.848 bits per heavy atom. The highest BCUT2D eigenvalue weighted by atomic mass is 16.5. The molecule has 0 fully saturated rings. The van der Waals surface area contributed by atoms with Crippen LogP contribution in [0.15, 0.2) is 67.0 Å². The molecule has 0 unspecified atom stereocenters. The van der Waals surface area contributed by atoms with Crippen LogP contribution in [0.4, 0.5) is 5.95 Å². The van der Waals surface area contributed by atoms with Crippen molar-refractivity contribution < 1.29 is 4.74 Å². The summed E-state index contributed by atoms with van der Waals surface area (Å²) in [4.78, 5) is 20.2. The number of hydrogen-bond acceptors (Lipinski definition) is 7. The first-order chi connectivity index (χ1) is 16.2. The third kappa shape index (κ3) is 4.34. The first-order valence-corrected chi connectivity index (χ1v) is 10.3. The quantitative estimate of drug-likeness (QED) is 0.458. The molecule has 1 aliphatic rings. The molecule has 3 heterocycles. The highest BCUT2D eigenvalue weighted by molar-refractivity contribution is 5.54. The minimum absolute atomic E-state index is 0.489. The number of ether oxygens (including phenoxy) is 1. The second-order valence-corrected chi connectivity index (χ2v) is 7.44. The molecule has 158 valence electrons. The van der Waals surface area contributed by atoms with E-state index in [1.54, 1.807) is 43.8 Å². The maximum absolute atomic E-state index is 8.91. The molecule has 0 spiro atoms. The fourth-order valence-corrected chi connectivity index (χ4v) is 3.58. The third-order valence-electron chi connectivity index (χ3n) is 5.30. The van der Waals surface area contributed by atoms with Crippen molar-refractivity contribution >= 4 is 5.95 Å². The number of benzene rings is 2. The summed E-state index contributed by atoms with van der Waals surface area (Å²) in [6.07, 6.45) is 3.39. The molecule has 7 nitrogen and oxygen atoms in total. The lowest BCUT2D eigenvalue weighted by Gasteiger charge is -2.15. The fourth-order valence-electron chi connectivity index (χ4n) is 3.58. The van der Waals surface area contributed by atoms with Gasteiger partial charge in [-0.25, -0.2) is 19.9 Å². The van der Waals surface area contributed by atoms with Gasteiger partial charge >= 0.3 is 0 Å². The van der Waals surface area contributed by atoms with Crippen LogP contribution in [0.2, 0.25) is 0 Å². The summed E-state index contributed by atoms with van der Waals surface area (Å²) < 4.78 is 5.34. The van der Waals surface area contributed by atoms with Gasteiger partial charge in [0.05, 0.1) is 18.7 Å². The van der Waals surface area contributed by atoms with Crippen LogP contribution in [0.1, 0.15) is 27.9 Å². The van der Waals surface area contributed by atoms with E-state index in [0.717, 1.165) is 17.9 Å². The second kappa shape index (κ2) is 8.78. The molecule has 0 aliphatic carbocycles. The van der Waals surface area contributed by atoms with Gasteiger partial charge in [-0.3, -0.25) is 0 Å². The van der Waals surface area contributed by atoms with E-state index < -0.39 is 0 Å². The maximum atomic E-state index is 8.91. The highest BCUT2D eigenvalue weighted by Gasteiger charge is 2.22. The van der Waals surface area contributed by atoms with Gasteiger partial charge in [0.25, 0.3) is 0 Å². The van der Waals surface area contributed by atoms with Crippen molar-refractivity contribution in [2.24, 2.45) is 0 Å². The highest BCUT2D eigenvalue weighted by Crippen LogP contribution is 2.29. The van der Waals surface area contributed by atoms with Crippen molar-refractivity contribution in [3.05, 3.63) is 94.9 Å². The van der Waals surface area contributed by atoms with Crippen molar-refractivity contribution in [1.82, 2.24) is 19.9 Å². The second-order valence-electron chi connectivity index (χ2n) is 7.44. The molecule has 0 amide bonds. The minimum atomic E-state index is 0.489. The summed E-state index contributed by atoms with van der Waals surface area (Å²) in [6.45, 7) is 1.45. The summed E-state index contributed by atoms with van der Waals surface area (Å²) in [6, 6.07) is 18.9. The number of hydrogen-bond donors (Lipinski definition) is 0. The Hall–Kier alpha value is -4.75. The standard InChI is InChI=1S/C26H18N6O/c1-33-23-9-7-20-16-32(17-21(20)14-23)26-29-13-11-24(31-26)25-28-12-10-22(30-25)8-6-18-2-4-19(15-27)5-3-18/h2-5,7,9-14H,16-17H2,1H3. The Morgan fingerprint density at radius 3 is 2.45 bits per heavy atom. The molecule has 0 bridgehead atoms. The number of nitriles is 1. The molecule has 1 aliphatic heterocycles. The van der Waals surface area contributed by atoms with E-state index in [-0.39, 0.29) is 0 Å². The molecule has 2 aromatic carbocycles. The summed E-state index contributed by atoms with van der Waals surface area (Å²) in [5.41, 5.74) is 5.08. The molecule has 0 N–H and O–H groups in total. The Bertz CT molecular complexity index is 1430. The van der Waals surface area contributed by atoms with E-state index in [4.69, 9.17) is 15.0 Å². The monoisotopic (exact) mass is 430 g/mol. The van der Waals surface area contributed by atoms with Gasteiger partial charge in [-0.1, -0.05) is 12.0 Å². The average molecular weight is 430 g/mol. The van der Waals surface area contributed by atoms with Crippen LogP contribution < -0.4 is 9.64 Å². The van der Waals surface area contributed by atoms with Gasteiger partial charge in [-0.2, -0.15) is 5.26 Å². The minimum Gasteiger partial charge on any atom is -0.497 e. The summed E-state index contributed by atoms with van der Waals surface area (Å²) >= 11 is 0. The van der Waals surface area contributed by atoms with Crippen LogP contribution in [-0.4, -0.2) is 27.0 Å². The Kier molecular flexibility index (Phi) is 5.37. The third-order valence-corrected chi connectivity index (χ3v) is 5.30. The van der Waals surface area contributed by atoms with Crippen LogP contribution >= 0.6 is 0 Å². The van der Waals surface area contributed by atoms with Gasteiger partial charge in [-0.05, 0) is 65.6 Å². The lowest BCUT2D eigenvalue weighted by atomic mass is 10.1. The molecule has 33 heavy (non-hydrogen) atoms. The van der Waals surface area contributed by atoms with Gasteiger partial charge in [0, 0.05) is 31.0 Å². The maximum Gasteiger partial charge on any atom is 0.226 e. The smallest absolute Gasteiger partial charge is 0.226 e. The molecular formula is C26H18N6O. The van der Waals surface area contributed by atoms with Gasteiger partial charge < -0.3 is 9.64 Å². The fraction of sp³-hybridized carbons (Fsp3) is 0.115. The molecular weight excluding hydrogens is 412 g/mol. The van der Waals surface area contributed by atoms with Crippen LogP contribution in [-0.2, 0) is 13.1 Å². The van der Waals surface area contributed by atoms with Gasteiger partial charge in [-0.15, -0.1) is 0 Å². The van der Waals surface area contributed by atoms with Crippen molar-refractivity contribution in [2.75, 3.05) is 12.0 Å². The van der Waals surface area contributed by atoms with Gasteiger partial charge in [0.15, 0.2) is 5.82 Å². The summed E-state index contributed by atoms with van der Waals surface area (Å²) in [5, 5.41) is 8.91. The molecule has 0 radical (unpaired) electrons. The average Bonchev–Trinajstić information content (AvgIpc) is 3.31. The molecule has 0 saturated heterocycles. The molecule has 4 aromatic rings. The molecule has 2 aromatic heterocycles. The van der Waals surface area contributed by atoms with Gasteiger partial charge in [0.2, 0.25) is 5.95 Å². The molecule has 0 atom stereocenters. The number of aromatic nitrogens is 4. The predicted molar refractivity (Wildman–Crippen MR) is 123 cm³/mol. The SMILES string of the molecule is COc1ccc2c(c1)CN(c1nccc(-c3nccc(C#Cc4ccc(C#N)cc4)n3)n1)C2. The number of methoxy groups -OCH3 is 1. The topological polar surface area (TPSA) is 87.8 Å². The zero-order chi connectivity index (χ0) is 22.6. The van der Waals surface area contributed by atoms with E-state index in [9.17, 15) is 0 Å². The zero-order valence-corrected chi connectivity index (χ0v) is 17.9. The number of anilines is 1. The Morgan fingerprint density at radius 2 is 1.64 bits per heavy atom. The molecule has 0 saturated carbocycles. The van der Waals surface area contributed by atoms with Crippen LogP contribution in [0, 0.1) is 23.2 Å². The number of rotatable bonds is 3. The largest absolute Gasteiger partial charge is 0.497 e. The Labute approximate surface area is 191 Å². The van der Waals surface area contributed by atoms with Crippen molar-refractivity contribution in [2.45, 2.75) is 13.1 Å². The van der Waals surface area contributed by atoms with Crippen LogP contribution in [0.25, 0.3) is 11.5 Å². The molecule has 7 heteroatoms. The van der Waals surface area contributed by atoms with E-state index >= 15 is 0 Å². The van der Waals surface area contributed by atoms with Gasteiger partial charge in [0.1, 0.15) is 17.1 Å².